The molecule has 2 fully saturated rings. The minimum absolute atomic E-state index is 0.0576. The van der Waals surface area contributed by atoms with Gasteiger partial charge in [-0.05, 0) is 19.3 Å². The van der Waals surface area contributed by atoms with Gasteiger partial charge >= 0.3 is 0 Å². The summed E-state index contributed by atoms with van der Waals surface area (Å²) in [5, 5.41) is 5.02. The van der Waals surface area contributed by atoms with Crippen LogP contribution in [0.25, 0.3) is 0 Å². The van der Waals surface area contributed by atoms with Gasteiger partial charge in [0.2, 0.25) is 5.91 Å². The number of carbonyl (C=O) groups excluding carboxylic acids is 1. The molecule has 4 N–H and O–H groups in total. The van der Waals surface area contributed by atoms with E-state index in [2.05, 4.69) is 0 Å². The fraction of sp³-hybridized carbons (Fsp3) is 0.889. The van der Waals surface area contributed by atoms with Crippen molar-refractivity contribution in [2.45, 2.75) is 24.8 Å². The third-order valence-electron chi connectivity index (χ3n) is 3.56. The van der Waals surface area contributed by atoms with E-state index in [4.69, 9.17) is 10.9 Å². The van der Waals surface area contributed by atoms with Crippen LogP contribution in [0.5, 0.6) is 0 Å². The number of hydrogen-bond acceptors (Lipinski definition) is 4. The molecular formula is C9H18N4O3S. The van der Waals surface area contributed by atoms with Gasteiger partial charge in [0.15, 0.2) is 0 Å². The monoisotopic (exact) mass is 262 g/mol. The molecular weight excluding hydrogens is 244 g/mol. The number of amides is 1. The molecule has 7 nitrogen and oxygen atoms in total. The number of nitrogens with two attached hydrogens (primary N) is 2. The van der Waals surface area contributed by atoms with Crippen LogP contribution >= 0.6 is 0 Å². The summed E-state index contributed by atoms with van der Waals surface area (Å²) >= 11 is 0. The fourth-order valence-corrected chi connectivity index (χ4v) is 2.90. The molecule has 1 heterocycles. The van der Waals surface area contributed by atoms with Crippen LogP contribution in [0.3, 0.4) is 0 Å². The van der Waals surface area contributed by atoms with Crippen LogP contribution < -0.4 is 10.9 Å². The molecule has 0 spiro atoms. The zero-order valence-electron chi connectivity index (χ0n) is 9.63. The van der Waals surface area contributed by atoms with Crippen molar-refractivity contribution in [2.24, 2.45) is 10.9 Å². The maximum atomic E-state index is 12.1. The van der Waals surface area contributed by atoms with Crippen LogP contribution in [0.15, 0.2) is 0 Å². The summed E-state index contributed by atoms with van der Waals surface area (Å²) in [7, 11) is -3.64. The van der Waals surface area contributed by atoms with Gasteiger partial charge in [-0.15, -0.1) is 0 Å². The Bertz CT molecular complexity index is 410. The first-order valence-corrected chi connectivity index (χ1v) is 7.19. The van der Waals surface area contributed by atoms with Gasteiger partial charge in [-0.1, -0.05) is 0 Å². The highest BCUT2D eigenvalue weighted by Crippen LogP contribution is 2.31. The Morgan fingerprint density at radius 3 is 2.00 bits per heavy atom. The highest BCUT2D eigenvalue weighted by molar-refractivity contribution is 7.86. The number of hydrogen-bond donors (Lipinski definition) is 2. The molecule has 0 unspecified atom stereocenters. The lowest BCUT2D eigenvalue weighted by molar-refractivity contribution is -0.141. The van der Waals surface area contributed by atoms with E-state index in [0.29, 0.717) is 13.1 Å². The van der Waals surface area contributed by atoms with Crippen molar-refractivity contribution in [2.75, 3.05) is 26.2 Å². The van der Waals surface area contributed by atoms with E-state index >= 15 is 0 Å². The Morgan fingerprint density at radius 1 is 1.12 bits per heavy atom. The summed E-state index contributed by atoms with van der Waals surface area (Å²) in [5.41, 5.74) is 5.25. The maximum absolute atomic E-state index is 12.1. The molecule has 1 saturated carbocycles. The Balaban J connectivity index is 1.93. The minimum Gasteiger partial charge on any atom is -0.338 e. The molecule has 8 heteroatoms. The van der Waals surface area contributed by atoms with E-state index in [0.717, 1.165) is 19.3 Å². The van der Waals surface area contributed by atoms with Crippen LogP contribution in [-0.4, -0.2) is 55.2 Å². The molecule has 0 aromatic heterocycles. The minimum atomic E-state index is -3.64. The normalized spacial score (nSPS) is 25.4. The topological polar surface area (TPSA) is 110 Å². The lowest BCUT2D eigenvalue weighted by Gasteiger charge is -2.42. The Labute approximate surface area is 101 Å². The van der Waals surface area contributed by atoms with Gasteiger partial charge in [-0.3, -0.25) is 4.79 Å². The van der Waals surface area contributed by atoms with E-state index in [1.165, 1.54) is 4.31 Å². The number of carbonyl (C=O) groups is 1. The van der Waals surface area contributed by atoms with Crippen molar-refractivity contribution in [3.63, 3.8) is 0 Å². The number of nitrogens with zero attached hydrogens (tertiary/aromatic N) is 2. The fourth-order valence-electron chi connectivity index (χ4n) is 2.23. The first-order chi connectivity index (χ1) is 7.83. The van der Waals surface area contributed by atoms with Gasteiger partial charge in [-0.2, -0.15) is 12.7 Å². The van der Waals surface area contributed by atoms with Gasteiger partial charge in [-0.25, -0.2) is 5.14 Å². The van der Waals surface area contributed by atoms with E-state index in [9.17, 15) is 13.2 Å². The van der Waals surface area contributed by atoms with Gasteiger partial charge in [0.25, 0.3) is 10.2 Å². The molecule has 1 amide bonds. The molecule has 98 valence electrons. The lowest BCUT2D eigenvalue weighted by Crippen LogP contribution is -2.63. The third-order valence-corrected chi connectivity index (χ3v) is 4.64. The van der Waals surface area contributed by atoms with Crippen molar-refractivity contribution in [1.29, 1.82) is 0 Å². The van der Waals surface area contributed by atoms with Crippen molar-refractivity contribution in [3.05, 3.63) is 0 Å². The van der Waals surface area contributed by atoms with Crippen molar-refractivity contribution < 1.29 is 13.2 Å². The van der Waals surface area contributed by atoms with Crippen LogP contribution in [0.1, 0.15) is 19.3 Å². The first kappa shape index (κ1) is 12.7. The maximum Gasteiger partial charge on any atom is 0.277 e. The molecule has 0 bridgehead atoms. The summed E-state index contributed by atoms with van der Waals surface area (Å²) in [6.07, 6.45) is 2.43. The summed E-state index contributed by atoms with van der Waals surface area (Å²) in [6, 6.07) is 0. The second-order valence-corrected chi connectivity index (χ2v) is 6.29. The molecule has 1 saturated heterocycles. The van der Waals surface area contributed by atoms with Crippen LogP contribution in [0.2, 0.25) is 0 Å². The summed E-state index contributed by atoms with van der Waals surface area (Å²) in [6.45, 7) is 1.24. The Morgan fingerprint density at radius 2 is 1.65 bits per heavy atom. The zero-order valence-corrected chi connectivity index (χ0v) is 10.4. The highest BCUT2D eigenvalue weighted by Gasteiger charge is 2.43. The van der Waals surface area contributed by atoms with Crippen molar-refractivity contribution in [3.8, 4) is 0 Å². The van der Waals surface area contributed by atoms with Gasteiger partial charge in [0.1, 0.15) is 0 Å². The quantitative estimate of drug-likeness (QED) is 0.612. The molecule has 1 aliphatic heterocycles. The third kappa shape index (κ3) is 2.44. The average molecular weight is 262 g/mol. The zero-order chi connectivity index (χ0) is 12.7. The molecule has 2 rings (SSSR count). The van der Waals surface area contributed by atoms with Crippen LogP contribution in [0.4, 0.5) is 0 Å². The largest absolute Gasteiger partial charge is 0.338 e. The van der Waals surface area contributed by atoms with Crippen LogP contribution in [0, 0.1) is 0 Å². The predicted molar refractivity (Wildman–Crippen MR) is 62.0 cm³/mol. The lowest BCUT2D eigenvalue weighted by atomic mass is 9.76. The second kappa shape index (κ2) is 4.20. The number of piperazine rings is 1. The molecule has 0 atom stereocenters. The Kier molecular flexibility index (Phi) is 3.15. The molecule has 2 aliphatic rings. The molecule has 0 aromatic rings. The summed E-state index contributed by atoms with van der Waals surface area (Å²) in [5.74, 6) is -0.0576. The van der Waals surface area contributed by atoms with Crippen molar-refractivity contribution in [1.82, 2.24) is 9.21 Å². The van der Waals surface area contributed by atoms with E-state index in [1.807, 2.05) is 0 Å². The SMILES string of the molecule is NC1(C(=O)N2CCN(S(N)(=O)=O)CC2)CCC1. The predicted octanol–water partition coefficient (Wildman–Crippen LogP) is -1.78. The highest BCUT2D eigenvalue weighted by atomic mass is 32.2. The Hall–Kier alpha value is -0.700. The van der Waals surface area contributed by atoms with Gasteiger partial charge in [0, 0.05) is 26.2 Å². The molecule has 1 aliphatic carbocycles. The van der Waals surface area contributed by atoms with Gasteiger partial charge in [0.05, 0.1) is 5.54 Å². The number of rotatable bonds is 2. The molecule has 17 heavy (non-hydrogen) atoms. The second-order valence-electron chi connectivity index (χ2n) is 4.75. The van der Waals surface area contributed by atoms with E-state index in [1.54, 1.807) is 4.90 Å². The standard InChI is InChI=1S/C9H18N4O3S/c10-9(2-1-3-9)8(14)12-4-6-13(7-5-12)17(11,15)16/h1-7,10H2,(H2,11,15,16). The van der Waals surface area contributed by atoms with E-state index in [-0.39, 0.29) is 19.0 Å². The van der Waals surface area contributed by atoms with Gasteiger partial charge < -0.3 is 10.6 Å². The van der Waals surface area contributed by atoms with Crippen LogP contribution in [-0.2, 0) is 15.0 Å². The summed E-state index contributed by atoms with van der Waals surface area (Å²) in [4.78, 5) is 13.7. The molecule has 0 aromatic carbocycles. The smallest absolute Gasteiger partial charge is 0.277 e. The van der Waals surface area contributed by atoms with Crippen molar-refractivity contribution >= 4 is 16.1 Å². The first-order valence-electron chi connectivity index (χ1n) is 5.69. The van der Waals surface area contributed by atoms with E-state index < -0.39 is 15.7 Å². The summed E-state index contributed by atoms with van der Waals surface area (Å²) < 4.78 is 23.4. The molecule has 0 radical (unpaired) electrons. The average Bonchev–Trinajstić information content (AvgIpc) is 2.24.